The number of nitrogens with two attached hydrogens (primary N) is 1. The van der Waals surface area contributed by atoms with Crippen LogP contribution in [0.5, 0.6) is 0 Å². The maximum Gasteiger partial charge on any atom is 0.244 e. The number of piperazine rings is 1. The summed E-state index contributed by atoms with van der Waals surface area (Å²) >= 11 is 1.73. The zero-order valence-corrected chi connectivity index (χ0v) is 16.6. The molecule has 26 heavy (non-hydrogen) atoms. The Morgan fingerprint density at radius 2 is 1.85 bits per heavy atom. The van der Waals surface area contributed by atoms with Crippen molar-refractivity contribution in [3.8, 4) is 0 Å². The second kappa shape index (κ2) is 7.86. The van der Waals surface area contributed by atoms with E-state index >= 15 is 0 Å². The number of carbonyl (C=O) groups is 1. The Morgan fingerprint density at radius 3 is 2.42 bits per heavy atom. The lowest BCUT2D eigenvalue weighted by molar-refractivity contribution is -0.134. The summed E-state index contributed by atoms with van der Waals surface area (Å²) in [5, 5.41) is 3.33. The van der Waals surface area contributed by atoms with Gasteiger partial charge >= 0.3 is 0 Å². The molecule has 6 heteroatoms. The zero-order valence-electron chi connectivity index (χ0n) is 15.8. The molecular weight excluding hydrogens is 344 g/mol. The van der Waals surface area contributed by atoms with E-state index in [-0.39, 0.29) is 11.3 Å². The van der Waals surface area contributed by atoms with Crippen LogP contribution in [0.2, 0.25) is 0 Å². The minimum absolute atomic E-state index is 0.0135. The molecule has 0 aliphatic carbocycles. The maximum atomic E-state index is 12.6. The van der Waals surface area contributed by atoms with E-state index in [0.29, 0.717) is 0 Å². The quantitative estimate of drug-likeness (QED) is 0.896. The van der Waals surface area contributed by atoms with Crippen LogP contribution in [-0.4, -0.2) is 46.9 Å². The molecule has 1 aliphatic rings. The van der Waals surface area contributed by atoms with Gasteiger partial charge in [-0.1, -0.05) is 51.1 Å². The highest BCUT2D eigenvalue weighted by Crippen LogP contribution is 2.26. The third kappa shape index (κ3) is 4.50. The summed E-state index contributed by atoms with van der Waals surface area (Å²) in [4.78, 5) is 21.7. The minimum Gasteiger partial charge on any atom is -0.338 e. The fourth-order valence-electron chi connectivity index (χ4n) is 3.08. The summed E-state index contributed by atoms with van der Waals surface area (Å²) in [7, 11) is 0. The summed E-state index contributed by atoms with van der Waals surface area (Å²) in [6, 6.07) is 9.01. The molecule has 3 rings (SSSR count). The highest BCUT2D eigenvalue weighted by molar-refractivity contribution is 7.09. The van der Waals surface area contributed by atoms with Crippen LogP contribution in [0.15, 0.2) is 35.7 Å². The van der Waals surface area contributed by atoms with Crippen molar-refractivity contribution in [3.63, 3.8) is 0 Å². The largest absolute Gasteiger partial charge is 0.338 e. The number of amides is 1. The molecule has 1 fully saturated rings. The fraction of sp³-hybridized carbons (Fsp3) is 0.500. The van der Waals surface area contributed by atoms with Crippen LogP contribution in [0.4, 0.5) is 0 Å². The van der Waals surface area contributed by atoms with Crippen molar-refractivity contribution in [2.75, 3.05) is 26.2 Å². The van der Waals surface area contributed by atoms with Gasteiger partial charge in [-0.25, -0.2) is 4.98 Å². The summed E-state index contributed by atoms with van der Waals surface area (Å²) in [5.74, 6) is 0.0135. The Bertz CT molecular complexity index is 730. The Kier molecular flexibility index (Phi) is 5.75. The standard InChI is InChI=1S/C20H28N4OS/c1-20(2,3)19-22-16(14-26-19)13-23-9-11-24(12-10-23)18(25)17(21)15-7-5-4-6-8-15/h4-8,14,17H,9-13,21H2,1-3H3. The monoisotopic (exact) mass is 372 g/mol. The predicted octanol–water partition coefficient (Wildman–Crippen LogP) is 2.78. The number of benzene rings is 1. The number of nitrogens with zero attached hydrogens (tertiary/aromatic N) is 3. The molecule has 1 aromatic heterocycles. The van der Waals surface area contributed by atoms with Crippen molar-refractivity contribution in [3.05, 3.63) is 52.0 Å². The Hall–Kier alpha value is -1.76. The van der Waals surface area contributed by atoms with Gasteiger partial charge in [0.1, 0.15) is 6.04 Å². The first kappa shape index (κ1) is 19.0. The molecular formula is C20H28N4OS. The van der Waals surface area contributed by atoms with Crippen LogP contribution < -0.4 is 5.73 Å². The molecule has 5 nitrogen and oxygen atoms in total. The van der Waals surface area contributed by atoms with Crippen LogP contribution in [-0.2, 0) is 16.8 Å². The first-order valence-electron chi connectivity index (χ1n) is 9.11. The lowest BCUT2D eigenvalue weighted by Gasteiger charge is -2.35. The molecule has 2 N–H and O–H groups in total. The Morgan fingerprint density at radius 1 is 1.19 bits per heavy atom. The van der Waals surface area contributed by atoms with Crippen molar-refractivity contribution in [1.29, 1.82) is 0 Å². The van der Waals surface area contributed by atoms with Gasteiger partial charge in [0.2, 0.25) is 5.91 Å². The molecule has 1 unspecified atom stereocenters. The second-order valence-electron chi connectivity index (χ2n) is 7.88. The number of hydrogen-bond donors (Lipinski definition) is 1. The molecule has 140 valence electrons. The molecule has 1 aliphatic heterocycles. The van der Waals surface area contributed by atoms with Crippen molar-refractivity contribution in [2.45, 2.75) is 38.8 Å². The summed E-state index contributed by atoms with van der Waals surface area (Å²) < 4.78 is 0. The number of aromatic nitrogens is 1. The lowest BCUT2D eigenvalue weighted by Crippen LogP contribution is -2.50. The van der Waals surface area contributed by atoms with Crippen molar-refractivity contribution < 1.29 is 4.79 Å². The second-order valence-corrected chi connectivity index (χ2v) is 8.74. The van der Waals surface area contributed by atoms with Crippen molar-refractivity contribution in [1.82, 2.24) is 14.8 Å². The van der Waals surface area contributed by atoms with Gasteiger partial charge in [-0.05, 0) is 5.56 Å². The van der Waals surface area contributed by atoms with Gasteiger partial charge in [-0.2, -0.15) is 0 Å². The van der Waals surface area contributed by atoms with Crippen LogP contribution in [0.3, 0.4) is 0 Å². The summed E-state index contributed by atoms with van der Waals surface area (Å²) in [6.45, 7) is 10.6. The van der Waals surface area contributed by atoms with Gasteiger partial charge in [0.05, 0.1) is 10.7 Å². The number of carbonyl (C=O) groups excluding carboxylic acids is 1. The fourth-order valence-corrected chi connectivity index (χ4v) is 3.98. The van der Waals surface area contributed by atoms with Crippen molar-refractivity contribution >= 4 is 17.2 Å². The van der Waals surface area contributed by atoms with Crippen LogP contribution in [0, 0.1) is 0 Å². The number of rotatable bonds is 4. The van der Waals surface area contributed by atoms with Crippen LogP contribution in [0.25, 0.3) is 0 Å². The smallest absolute Gasteiger partial charge is 0.244 e. The number of hydrogen-bond acceptors (Lipinski definition) is 5. The van der Waals surface area contributed by atoms with Gasteiger partial charge in [-0.3, -0.25) is 9.69 Å². The summed E-state index contributed by atoms with van der Waals surface area (Å²) in [5.41, 5.74) is 8.25. The van der Waals surface area contributed by atoms with E-state index in [4.69, 9.17) is 10.7 Å². The van der Waals surface area contributed by atoms with E-state index in [2.05, 4.69) is 31.1 Å². The van der Waals surface area contributed by atoms with Gasteiger partial charge < -0.3 is 10.6 Å². The van der Waals surface area contributed by atoms with E-state index in [1.165, 1.54) is 5.01 Å². The molecule has 0 radical (unpaired) electrons. The molecule has 1 amide bonds. The first-order chi connectivity index (χ1) is 12.3. The maximum absolute atomic E-state index is 12.6. The van der Waals surface area contributed by atoms with Gasteiger partial charge in [0.25, 0.3) is 0 Å². The van der Waals surface area contributed by atoms with Crippen LogP contribution >= 0.6 is 11.3 Å². The highest BCUT2D eigenvalue weighted by atomic mass is 32.1. The van der Waals surface area contributed by atoms with Crippen molar-refractivity contribution in [2.24, 2.45) is 5.73 Å². The average Bonchev–Trinajstić information content (AvgIpc) is 3.11. The first-order valence-corrected chi connectivity index (χ1v) is 9.99. The minimum atomic E-state index is -0.573. The van der Waals surface area contributed by atoms with E-state index < -0.39 is 6.04 Å². The molecule has 1 atom stereocenters. The molecule has 0 bridgehead atoms. The van der Waals surface area contributed by atoms with Gasteiger partial charge in [-0.15, -0.1) is 11.3 Å². The van der Waals surface area contributed by atoms with E-state index in [0.717, 1.165) is 44.0 Å². The molecule has 1 aromatic carbocycles. The Labute approximate surface area is 159 Å². The van der Waals surface area contributed by atoms with Gasteiger partial charge in [0.15, 0.2) is 0 Å². The molecule has 0 saturated carbocycles. The SMILES string of the molecule is CC(C)(C)c1nc(CN2CCN(C(=O)C(N)c3ccccc3)CC2)cs1. The van der Waals surface area contributed by atoms with Gasteiger partial charge in [0, 0.05) is 43.5 Å². The van der Waals surface area contributed by atoms with Crippen LogP contribution in [0.1, 0.15) is 43.1 Å². The number of thiazole rings is 1. The zero-order chi connectivity index (χ0) is 18.7. The molecule has 0 spiro atoms. The molecule has 2 aromatic rings. The molecule has 1 saturated heterocycles. The van der Waals surface area contributed by atoms with E-state index in [1.54, 1.807) is 11.3 Å². The normalized spacial score (nSPS) is 17.3. The highest BCUT2D eigenvalue weighted by Gasteiger charge is 2.26. The predicted molar refractivity (Wildman–Crippen MR) is 106 cm³/mol. The Balaban J connectivity index is 1.52. The van der Waals surface area contributed by atoms with E-state index in [1.807, 2.05) is 35.2 Å². The third-order valence-corrected chi connectivity index (χ3v) is 6.00. The third-order valence-electron chi connectivity index (χ3n) is 4.69. The van der Waals surface area contributed by atoms with E-state index in [9.17, 15) is 4.79 Å². The summed E-state index contributed by atoms with van der Waals surface area (Å²) in [6.07, 6.45) is 0. The topological polar surface area (TPSA) is 62.5 Å². The molecule has 2 heterocycles. The average molecular weight is 373 g/mol. The lowest BCUT2D eigenvalue weighted by atomic mass is 9.98.